The van der Waals surface area contributed by atoms with Crippen molar-refractivity contribution < 1.29 is 10.2 Å². The summed E-state index contributed by atoms with van der Waals surface area (Å²) in [6.07, 6.45) is 7.06. The van der Waals surface area contributed by atoms with Crippen molar-refractivity contribution in [2.24, 2.45) is 9.98 Å². The summed E-state index contributed by atoms with van der Waals surface area (Å²) in [6.45, 7) is 1.31. The molecule has 0 radical (unpaired) electrons. The number of aromatic hydroxyl groups is 2. The Hall–Kier alpha value is -1.46. The summed E-state index contributed by atoms with van der Waals surface area (Å²) < 4.78 is 0. The Kier molecular flexibility index (Phi) is 9.39. The first-order chi connectivity index (χ1) is 13.4. The highest BCUT2D eigenvalue weighted by atomic mass is 35.5. The first kappa shape index (κ1) is 22.8. The molecule has 2 aromatic carbocycles. The zero-order chi connectivity index (χ0) is 20.5. The van der Waals surface area contributed by atoms with Crippen LogP contribution in [-0.2, 0) is 0 Å². The molecule has 0 bridgehead atoms. The molecule has 0 saturated heterocycles. The highest BCUT2D eigenvalue weighted by Gasteiger charge is 2.06. The summed E-state index contributed by atoms with van der Waals surface area (Å²) >= 11 is 23.6. The standard InChI is InChI=1S/C20H20Cl4N2O2/c21-15-7-13(19(27)17(23)9-15)11-25-5-3-1-2-4-6-26-12-14-8-16(22)10-18(24)20(14)28/h7-12,27-28H,1-6H2. The van der Waals surface area contributed by atoms with Gasteiger partial charge in [0.1, 0.15) is 11.5 Å². The van der Waals surface area contributed by atoms with E-state index >= 15 is 0 Å². The minimum absolute atomic E-state index is 0.0142. The van der Waals surface area contributed by atoms with Crippen LogP contribution < -0.4 is 0 Å². The van der Waals surface area contributed by atoms with Crippen molar-refractivity contribution in [2.45, 2.75) is 25.7 Å². The zero-order valence-corrected chi connectivity index (χ0v) is 18.0. The van der Waals surface area contributed by atoms with Gasteiger partial charge in [-0.3, -0.25) is 9.98 Å². The Morgan fingerprint density at radius 3 is 1.43 bits per heavy atom. The van der Waals surface area contributed by atoms with Crippen LogP contribution in [0.1, 0.15) is 36.8 Å². The van der Waals surface area contributed by atoms with Gasteiger partial charge in [0.2, 0.25) is 0 Å². The van der Waals surface area contributed by atoms with Gasteiger partial charge in [0.05, 0.1) is 10.0 Å². The Balaban J connectivity index is 1.65. The van der Waals surface area contributed by atoms with E-state index in [9.17, 15) is 10.2 Å². The average Bonchev–Trinajstić information content (AvgIpc) is 2.64. The Labute approximate surface area is 184 Å². The second kappa shape index (κ2) is 11.5. The molecule has 0 aliphatic rings. The molecule has 0 heterocycles. The van der Waals surface area contributed by atoms with Crippen LogP contribution in [0, 0.1) is 0 Å². The average molecular weight is 462 g/mol. The number of unbranched alkanes of at least 4 members (excludes halogenated alkanes) is 3. The van der Waals surface area contributed by atoms with Crippen molar-refractivity contribution in [1.82, 2.24) is 0 Å². The first-order valence-electron chi connectivity index (χ1n) is 8.74. The second-order valence-corrected chi connectivity index (χ2v) is 7.82. The maximum Gasteiger partial charge on any atom is 0.143 e. The van der Waals surface area contributed by atoms with E-state index in [0.29, 0.717) is 34.3 Å². The predicted octanol–water partition coefficient (Wildman–Crippen LogP) is 6.81. The summed E-state index contributed by atoms with van der Waals surface area (Å²) in [5.74, 6) is -0.0283. The van der Waals surface area contributed by atoms with Crippen molar-refractivity contribution in [3.63, 3.8) is 0 Å². The number of aliphatic imine (C=N–C) groups is 2. The third-order valence-electron chi connectivity index (χ3n) is 3.90. The van der Waals surface area contributed by atoms with Gasteiger partial charge in [0, 0.05) is 46.7 Å². The Morgan fingerprint density at radius 1 is 0.643 bits per heavy atom. The van der Waals surface area contributed by atoms with Crippen molar-refractivity contribution in [2.75, 3.05) is 13.1 Å². The molecule has 2 aromatic rings. The quantitative estimate of drug-likeness (QED) is 0.318. The largest absolute Gasteiger partial charge is 0.506 e. The number of hydrogen-bond acceptors (Lipinski definition) is 4. The fourth-order valence-corrected chi connectivity index (χ4v) is 3.47. The highest BCUT2D eigenvalue weighted by molar-refractivity contribution is 6.36. The summed E-state index contributed by atoms with van der Waals surface area (Å²) in [4.78, 5) is 8.60. The lowest BCUT2D eigenvalue weighted by atomic mass is 10.2. The minimum atomic E-state index is -0.0142. The molecule has 0 aromatic heterocycles. The molecule has 0 spiro atoms. The van der Waals surface area contributed by atoms with Crippen LogP contribution in [0.15, 0.2) is 34.3 Å². The number of halogens is 4. The Bertz CT molecular complexity index is 798. The molecule has 0 unspecified atom stereocenters. The summed E-state index contributed by atoms with van der Waals surface area (Å²) in [6, 6.07) is 6.21. The van der Waals surface area contributed by atoms with E-state index in [4.69, 9.17) is 46.4 Å². The molecule has 0 fully saturated rings. The molecule has 2 rings (SSSR count). The number of phenols is 2. The maximum absolute atomic E-state index is 9.85. The normalized spacial score (nSPS) is 11.7. The monoisotopic (exact) mass is 460 g/mol. The number of benzene rings is 2. The van der Waals surface area contributed by atoms with Crippen LogP contribution in [-0.4, -0.2) is 35.7 Å². The van der Waals surface area contributed by atoms with E-state index in [-0.39, 0.29) is 21.5 Å². The molecule has 0 amide bonds. The number of rotatable bonds is 9. The molecule has 28 heavy (non-hydrogen) atoms. The molecule has 150 valence electrons. The molecule has 0 aliphatic heterocycles. The number of phenolic OH excluding ortho intramolecular Hbond substituents is 2. The topological polar surface area (TPSA) is 65.2 Å². The molecule has 0 saturated carbocycles. The van der Waals surface area contributed by atoms with E-state index in [0.717, 1.165) is 25.7 Å². The van der Waals surface area contributed by atoms with Gasteiger partial charge in [0.15, 0.2) is 0 Å². The lowest BCUT2D eigenvalue weighted by Gasteiger charge is -2.03. The van der Waals surface area contributed by atoms with Gasteiger partial charge in [-0.05, 0) is 37.1 Å². The summed E-state index contributed by atoms with van der Waals surface area (Å²) in [5, 5.41) is 21.0. The fourth-order valence-electron chi connectivity index (χ4n) is 2.45. The van der Waals surface area contributed by atoms with Crippen molar-refractivity contribution >= 4 is 58.8 Å². The first-order valence-corrected chi connectivity index (χ1v) is 10.3. The predicted molar refractivity (Wildman–Crippen MR) is 120 cm³/mol. The summed E-state index contributed by atoms with van der Waals surface area (Å²) in [7, 11) is 0. The highest BCUT2D eigenvalue weighted by Crippen LogP contribution is 2.30. The molecular weight excluding hydrogens is 442 g/mol. The van der Waals surface area contributed by atoms with Gasteiger partial charge in [-0.15, -0.1) is 0 Å². The van der Waals surface area contributed by atoms with Gasteiger partial charge < -0.3 is 10.2 Å². The van der Waals surface area contributed by atoms with E-state index in [1.54, 1.807) is 24.6 Å². The van der Waals surface area contributed by atoms with Crippen LogP contribution in [0.5, 0.6) is 11.5 Å². The molecule has 2 N–H and O–H groups in total. The second-order valence-electron chi connectivity index (χ2n) is 6.14. The van der Waals surface area contributed by atoms with Crippen LogP contribution >= 0.6 is 46.4 Å². The molecule has 0 atom stereocenters. The van der Waals surface area contributed by atoms with Crippen LogP contribution in [0.2, 0.25) is 20.1 Å². The van der Waals surface area contributed by atoms with E-state index in [1.807, 2.05) is 0 Å². The lowest BCUT2D eigenvalue weighted by Crippen LogP contribution is -1.90. The smallest absolute Gasteiger partial charge is 0.143 e. The molecule has 8 heteroatoms. The van der Waals surface area contributed by atoms with Gasteiger partial charge in [-0.2, -0.15) is 0 Å². The third kappa shape index (κ3) is 7.17. The zero-order valence-electron chi connectivity index (χ0n) is 15.0. The van der Waals surface area contributed by atoms with E-state index in [1.165, 1.54) is 12.1 Å². The maximum atomic E-state index is 9.85. The van der Waals surface area contributed by atoms with Crippen LogP contribution in [0.25, 0.3) is 0 Å². The SMILES string of the molecule is Oc1c(Cl)cc(Cl)cc1C=NCCCCCCN=Cc1cc(Cl)cc(Cl)c1O. The Morgan fingerprint density at radius 2 is 1.04 bits per heavy atom. The van der Waals surface area contributed by atoms with Crippen molar-refractivity contribution in [1.29, 1.82) is 0 Å². The minimum Gasteiger partial charge on any atom is -0.506 e. The van der Waals surface area contributed by atoms with Gasteiger partial charge >= 0.3 is 0 Å². The van der Waals surface area contributed by atoms with Gasteiger partial charge in [-0.1, -0.05) is 59.2 Å². The number of hydrogen-bond donors (Lipinski definition) is 2. The van der Waals surface area contributed by atoms with Crippen molar-refractivity contribution in [3.8, 4) is 11.5 Å². The van der Waals surface area contributed by atoms with Crippen LogP contribution in [0.4, 0.5) is 0 Å². The molecule has 4 nitrogen and oxygen atoms in total. The third-order valence-corrected chi connectivity index (χ3v) is 4.91. The molecule has 0 aliphatic carbocycles. The van der Waals surface area contributed by atoms with E-state index in [2.05, 4.69) is 9.98 Å². The number of nitrogens with zero attached hydrogens (tertiary/aromatic N) is 2. The van der Waals surface area contributed by atoms with Crippen LogP contribution in [0.3, 0.4) is 0 Å². The lowest BCUT2D eigenvalue weighted by molar-refractivity contribution is 0.474. The van der Waals surface area contributed by atoms with E-state index < -0.39 is 0 Å². The van der Waals surface area contributed by atoms with Crippen molar-refractivity contribution in [3.05, 3.63) is 55.5 Å². The summed E-state index contributed by atoms with van der Waals surface area (Å²) in [5.41, 5.74) is 1.02. The molecular formula is C20H20Cl4N2O2. The van der Waals surface area contributed by atoms with Gasteiger partial charge in [-0.25, -0.2) is 0 Å². The van der Waals surface area contributed by atoms with Gasteiger partial charge in [0.25, 0.3) is 0 Å². The fraction of sp³-hybridized carbons (Fsp3) is 0.300.